The summed E-state index contributed by atoms with van der Waals surface area (Å²) in [7, 11) is 1.59. The van der Waals surface area contributed by atoms with Gasteiger partial charge in [0.25, 0.3) is 17.5 Å². The van der Waals surface area contributed by atoms with E-state index in [9.17, 15) is 19.7 Å². The Hall–Kier alpha value is -4.51. The van der Waals surface area contributed by atoms with Gasteiger partial charge in [0.1, 0.15) is 5.75 Å². The predicted molar refractivity (Wildman–Crippen MR) is 149 cm³/mol. The number of hydrogen-bond donors (Lipinski definition) is 2. The number of hydrogen-bond acceptors (Lipinski definition) is 7. The highest BCUT2D eigenvalue weighted by atomic mass is 32.1. The molecule has 0 bridgehead atoms. The SMILES string of the molecule is COc1ccc(C(=O)N2CCN(c3ccc(NC(=S)NC(=O)c4ccc(C)c([N+](=O)[O-])c4)cc3)CC2)cc1. The van der Waals surface area contributed by atoms with E-state index in [0.717, 1.165) is 5.69 Å². The number of carbonyl (C=O) groups is 2. The van der Waals surface area contributed by atoms with Crippen LogP contribution in [0, 0.1) is 17.0 Å². The summed E-state index contributed by atoms with van der Waals surface area (Å²) in [5.41, 5.74) is 2.82. The highest BCUT2D eigenvalue weighted by molar-refractivity contribution is 7.80. The van der Waals surface area contributed by atoms with Gasteiger partial charge < -0.3 is 19.9 Å². The third-order valence-corrected chi connectivity index (χ3v) is 6.49. The Kier molecular flexibility index (Phi) is 8.17. The molecule has 11 heteroatoms. The van der Waals surface area contributed by atoms with Crippen LogP contribution in [-0.4, -0.2) is 60.0 Å². The standard InChI is InChI=1S/C27H27N5O5S/c1-18-3-4-20(17-24(18)32(35)36)25(33)29-27(38)28-21-7-9-22(10-8-21)30-13-15-31(16-14-30)26(34)19-5-11-23(37-2)12-6-19/h3-12,17H,13-16H2,1-2H3,(H2,28,29,33,38). The molecule has 3 aromatic rings. The van der Waals surface area contributed by atoms with Gasteiger partial charge in [-0.15, -0.1) is 0 Å². The molecule has 1 aliphatic heterocycles. The van der Waals surface area contributed by atoms with Gasteiger partial charge in [-0.05, 0) is 73.7 Å². The number of methoxy groups -OCH3 is 1. The van der Waals surface area contributed by atoms with Crippen LogP contribution < -0.4 is 20.3 Å². The molecule has 2 N–H and O–H groups in total. The summed E-state index contributed by atoms with van der Waals surface area (Å²) in [5, 5.41) is 16.7. The number of piperazine rings is 1. The van der Waals surface area contributed by atoms with Crippen LogP contribution in [0.3, 0.4) is 0 Å². The van der Waals surface area contributed by atoms with Crippen molar-refractivity contribution in [2.75, 3.05) is 43.5 Å². The number of amides is 2. The fourth-order valence-corrected chi connectivity index (χ4v) is 4.33. The fraction of sp³-hybridized carbons (Fsp3) is 0.222. The van der Waals surface area contributed by atoms with Crippen LogP contribution in [0.4, 0.5) is 17.1 Å². The van der Waals surface area contributed by atoms with Crippen LogP contribution in [0.25, 0.3) is 0 Å². The summed E-state index contributed by atoms with van der Waals surface area (Å²) < 4.78 is 5.15. The van der Waals surface area contributed by atoms with E-state index in [2.05, 4.69) is 15.5 Å². The minimum absolute atomic E-state index is 0.00246. The van der Waals surface area contributed by atoms with Gasteiger partial charge in [-0.25, -0.2) is 0 Å². The first kappa shape index (κ1) is 26.6. The predicted octanol–water partition coefficient (Wildman–Crippen LogP) is 4.00. The van der Waals surface area contributed by atoms with Crippen molar-refractivity contribution in [2.45, 2.75) is 6.92 Å². The summed E-state index contributed by atoms with van der Waals surface area (Å²) in [4.78, 5) is 39.9. The molecule has 1 saturated heterocycles. The van der Waals surface area contributed by atoms with E-state index in [4.69, 9.17) is 17.0 Å². The van der Waals surface area contributed by atoms with Gasteiger partial charge in [0.2, 0.25) is 0 Å². The number of aryl methyl sites for hydroxylation is 1. The number of rotatable bonds is 6. The van der Waals surface area contributed by atoms with Gasteiger partial charge in [-0.1, -0.05) is 6.07 Å². The first-order valence-electron chi connectivity index (χ1n) is 11.9. The molecular formula is C27H27N5O5S. The number of ether oxygens (including phenoxy) is 1. The number of benzene rings is 3. The van der Waals surface area contributed by atoms with Crippen LogP contribution >= 0.6 is 12.2 Å². The fourth-order valence-electron chi connectivity index (χ4n) is 4.12. The average molecular weight is 534 g/mol. The minimum atomic E-state index is -0.538. The molecular weight excluding hydrogens is 506 g/mol. The summed E-state index contributed by atoms with van der Waals surface area (Å²) in [6, 6.07) is 19.0. The molecule has 0 atom stereocenters. The molecule has 0 radical (unpaired) electrons. The summed E-state index contributed by atoms with van der Waals surface area (Å²) in [6.07, 6.45) is 0. The van der Waals surface area contributed by atoms with E-state index in [1.54, 1.807) is 38.3 Å². The monoisotopic (exact) mass is 533 g/mol. The van der Waals surface area contributed by atoms with E-state index in [1.165, 1.54) is 18.2 Å². The van der Waals surface area contributed by atoms with E-state index in [-0.39, 0.29) is 22.3 Å². The molecule has 1 fully saturated rings. The molecule has 38 heavy (non-hydrogen) atoms. The Labute approximate surface area is 225 Å². The molecule has 2 amide bonds. The first-order chi connectivity index (χ1) is 18.2. The van der Waals surface area contributed by atoms with E-state index in [0.29, 0.717) is 48.7 Å². The zero-order chi connectivity index (χ0) is 27.2. The molecule has 1 aliphatic rings. The van der Waals surface area contributed by atoms with Crippen molar-refractivity contribution >= 4 is 46.2 Å². The Morgan fingerprint density at radius 1 is 0.947 bits per heavy atom. The maximum atomic E-state index is 12.8. The quantitative estimate of drug-likeness (QED) is 0.277. The highest BCUT2D eigenvalue weighted by Crippen LogP contribution is 2.22. The second-order valence-electron chi connectivity index (χ2n) is 8.72. The zero-order valence-corrected chi connectivity index (χ0v) is 21.8. The first-order valence-corrected chi connectivity index (χ1v) is 12.3. The number of nitrogens with one attached hydrogen (secondary N) is 2. The number of thiocarbonyl (C=S) groups is 1. The number of nitro groups is 1. The Morgan fingerprint density at radius 2 is 1.58 bits per heavy atom. The van der Waals surface area contributed by atoms with E-state index < -0.39 is 10.8 Å². The molecule has 196 valence electrons. The van der Waals surface area contributed by atoms with Gasteiger partial charge in [-0.3, -0.25) is 25.0 Å². The lowest BCUT2D eigenvalue weighted by Gasteiger charge is -2.36. The maximum absolute atomic E-state index is 12.8. The Morgan fingerprint density at radius 3 is 2.18 bits per heavy atom. The second kappa shape index (κ2) is 11.7. The van der Waals surface area contributed by atoms with Crippen molar-refractivity contribution in [2.24, 2.45) is 0 Å². The van der Waals surface area contributed by atoms with Gasteiger partial charge in [-0.2, -0.15) is 0 Å². The normalized spacial score (nSPS) is 13.0. The van der Waals surface area contributed by atoms with Crippen LogP contribution in [0.1, 0.15) is 26.3 Å². The maximum Gasteiger partial charge on any atom is 0.273 e. The third-order valence-electron chi connectivity index (χ3n) is 6.29. The van der Waals surface area contributed by atoms with Crippen LogP contribution in [-0.2, 0) is 0 Å². The summed E-state index contributed by atoms with van der Waals surface area (Å²) >= 11 is 5.24. The molecule has 3 aromatic carbocycles. The molecule has 1 heterocycles. The number of nitrogens with zero attached hydrogens (tertiary/aromatic N) is 3. The smallest absolute Gasteiger partial charge is 0.273 e. The van der Waals surface area contributed by atoms with Crippen LogP contribution in [0.15, 0.2) is 66.7 Å². The Bertz CT molecular complexity index is 1350. The highest BCUT2D eigenvalue weighted by Gasteiger charge is 2.22. The summed E-state index contributed by atoms with van der Waals surface area (Å²) in [5.74, 6) is 0.178. The Balaban J connectivity index is 1.29. The van der Waals surface area contributed by atoms with Crippen molar-refractivity contribution in [3.05, 3.63) is 93.5 Å². The molecule has 10 nitrogen and oxygen atoms in total. The summed E-state index contributed by atoms with van der Waals surface area (Å²) in [6.45, 7) is 4.23. The van der Waals surface area contributed by atoms with Gasteiger partial charge in [0.15, 0.2) is 5.11 Å². The van der Waals surface area contributed by atoms with E-state index >= 15 is 0 Å². The van der Waals surface area contributed by atoms with E-state index in [1.807, 2.05) is 29.2 Å². The molecule has 0 aliphatic carbocycles. The molecule has 0 saturated carbocycles. The minimum Gasteiger partial charge on any atom is -0.497 e. The molecule has 0 unspecified atom stereocenters. The lowest BCUT2D eigenvalue weighted by Crippen LogP contribution is -2.48. The third kappa shape index (κ3) is 6.24. The number of nitro benzene ring substituents is 1. The number of anilines is 2. The molecule has 0 spiro atoms. The van der Waals surface area contributed by atoms with Gasteiger partial charge >= 0.3 is 0 Å². The van der Waals surface area contributed by atoms with Crippen LogP contribution in [0.2, 0.25) is 0 Å². The lowest BCUT2D eigenvalue weighted by atomic mass is 10.1. The molecule has 4 rings (SSSR count). The largest absolute Gasteiger partial charge is 0.497 e. The van der Waals surface area contributed by atoms with Crippen molar-refractivity contribution in [1.82, 2.24) is 10.2 Å². The van der Waals surface area contributed by atoms with Crippen molar-refractivity contribution in [3.63, 3.8) is 0 Å². The zero-order valence-electron chi connectivity index (χ0n) is 21.0. The lowest BCUT2D eigenvalue weighted by molar-refractivity contribution is -0.385. The number of carbonyl (C=O) groups excluding carboxylic acids is 2. The second-order valence-corrected chi connectivity index (χ2v) is 9.13. The van der Waals surface area contributed by atoms with Gasteiger partial charge in [0.05, 0.1) is 12.0 Å². The topological polar surface area (TPSA) is 117 Å². The average Bonchev–Trinajstić information content (AvgIpc) is 2.93. The van der Waals surface area contributed by atoms with Gasteiger partial charge in [0, 0.05) is 60.3 Å². The van der Waals surface area contributed by atoms with Crippen molar-refractivity contribution in [3.8, 4) is 5.75 Å². The van der Waals surface area contributed by atoms with Crippen molar-refractivity contribution < 1.29 is 19.2 Å². The molecule has 0 aromatic heterocycles. The van der Waals surface area contributed by atoms with Crippen molar-refractivity contribution in [1.29, 1.82) is 0 Å². The van der Waals surface area contributed by atoms with Crippen LogP contribution in [0.5, 0.6) is 5.75 Å².